The Kier molecular flexibility index (Phi) is 3.29. The zero-order valence-corrected chi connectivity index (χ0v) is 11.7. The van der Waals surface area contributed by atoms with Crippen molar-refractivity contribution in [3.05, 3.63) is 35.2 Å². The van der Waals surface area contributed by atoms with Crippen molar-refractivity contribution in [3.8, 4) is 0 Å². The van der Waals surface area contributed by atoms with Gasteiger partial charge in [-0.15, -0.1) is 11.3 Å². The predicted octanol–water partition coefficient (Wildman–Crippen LogP) is 3.20. The number of likely N-dealkylation sites (tertiary alicyclic amines) is 1. The monoisotopic (exact) mass is 275 g/mol. The van der Waals surface area contributed by atoms with Crippen LogP contribution < -0.4 is 0 Å². The van der Waals surface area contributed by atoms with E-state index in [0.29, 0.717) is 0 Å². The second-order valence-electron chi connectivity index (χ2n) is 5.28. The summed E-state index contributed by atoms with van der Waals surface area (Å²) in [5, 5.41) is 12.8. The Hall–Kier alpha value is -1.39. The van der Waals surface area contributed by atoms with E-state index in [0.717, 1.165) is 19.5 Å². The van der Waals surface area contributed by atoms with E-state index < -0.39 is 5.97 Å². The van der Waals surface area contributed by atoms with Gasteiger partial charge >= 0.3 is 5.97 Å². The van der Waals surface area contributed by atoms with E-state index in [2.05, 4.69) is 22.4 Å². The number of carbonyl (C=O) groups is 1. The quantitative estimate of drug-likeness (QED) is 0.935. The molecular weight excluding hydrogens is 258 g/mol. The summed E-state index contributed by atoms with van der Waals surface area (Å²) in [6, 6.07) is 7.99. The molecule has 1 aliphatic heterocycles. The average Bonchev–Trinajstić information content (AvgIpc) is 2.95. The van der Waals surface area contributed by atoms with Gasteiger partial charge in [0.2, 0.25) is 0 Å². The normalized spacial score (nSPS) is 24.1. The minimum Gasteiger partial charge on any atom is -0.480 e. The molecule has 1 fully saturated rings. The van der Waals surface area contributed by atoms with Gasteiger partial charge in [0.25, 0.3) is 0 Å². The molecule has 1 aromatic heterocycles. The van der Waals surface area contributed by atoms with Crippen molar-refractivity contribution < 1.29 is 9.90 Å². The zero-order chi connectivity index (χ0) is 13.4. The molecule has 0 aliphatic carbocycles. The number of thiophene rings is 1. The van der Waals surface area contributed by atoms with Gasteiger partial charge < -0.3 is 5.11 Å². The van der Waals surface area contributed by atoms with Crippen LogP contribution in [0.15, 0.2) is 29.6 Å². The minimum absolute atomic E-state index is 0.238. The first-order valence-electron chi connectivity index (χ1n) is 6.59. The highest BCUT2D eigenvalue weighted by atomic mass is 32.1. The number of rotatable bonds is 3. The largest absolute Gasteiger partial charge is 0.480 e. The molecular formula is C15H17NO2S. The lowest BCUT2D eigenvalue weighted by atomic mass is 10.0. The standard InChI is InChI=1S/C15H17NO2S/c1-10-6-7-16(14(10)15(17)18)8-11-9-19-13-5-3-2-4-12(11)13/h2-5,9-10,14H,6-8H2,1H3,(H,17,18). The topological polar surface area (TPSA) is 40.5 Å². The molecule has 1 saturated heterocycles. The lowest BCUT2D eigenvalue weighted by Gasteiger charge is -2.22. The molecule has 2 heterocycles. The molecule has 2 atom stereocenters. The van der Waals surface area contributed by atoms with Crippen molar-refractivity contribution in [2.75, 3.05) is 6.54 Å². The maximum atomic E-state index is 11.4. The Morgan fingerprint density at radius 3 is 3.05 bits per heavy atom. The van der Waals surface area contributed by atoms with E-state index in [4.69, 9.17) is 0 Å². The van der Waals surface area contributed by atoms with Crippen molar-refractivity contribution in [1.82, 2.24) is 4.90 Å². The second kappa shape index (κ2) is 4.94. The number of hydrogen-bond donors (Lipinski definition) is 1. The average molecular weight is 275 g/mol. The summed E-state index contributed by atoms with van der Waals surface area (Å²) in [7, 11) is 0. The van der Waals surface area contributed by atoms with E-state index in [-0.39, 0.29) is 12.0 Å². The van der Waals surface area contributed by atoms with Crippen LogP contribution in [0.2, 0.25) is 0 Å². The molecule has 100 valence electrons. The van der Waals surface area contributed by atoms with Crippen LogP contribution in [0.25, 0.3) is 10.1 Å². The molecule has 2 unspecified atom stereocenters. The number of fused-ring (bicyclic) bond motifs is 1. The Bertz CT molecular complexity index is 607. The van der Waals surface area contributed by atoms with Crippen molar-refractivity contribution in [1.29, 1.82) is 0 Å². The molecule has 4 heteroatoms. The predicted molar refractivity (Wildman–Crippen MR) is 77.4 cm³/mol. The van der Waals surface area contributed by atoms with Gasteiger partial charge in [-0.3, -0.25) is 9.69 Å². The lowest BCUT2D eigenvalue weighted by Crippen LogP contribution is -2.38. The van der Waals surface area contributed by atoms with Crippen LogP contribution in [0, 0.1) is 5.92 Å². The Labute approximate surface area is 116 Å². The number of aliphatic carboxylic acids is 1. The van der Waals surface area contributed by atoms with Crippen LogP contribution in [0.1, 0.15) is 18.9 Å². The molecule has 0 bridgehead atoms. The first kappa shape index (κ1) is 12.6. The van der Waals surface area contributed by atoms with E-state index in [1.54, 1.807) is 11.3 Å². The Morgan fingerprint density at radius 1 is 1.47 bits per heavy atom. The van der Waals surface area contributed by atoms with Crippen molar-refractivity contribution in [2.24, 2.45) is 5.92 Å². The summed E-state index contributed by atoms with van der Waals surface area (Å²) < 4.78 is 1.27. The van der Waals surface area contributed by atoms with Crippen LogP contribution in [0.3, 0.4) is 0 Å². The van der Waals surface area contributed by atoms with E-state index in [1.807, 2.05) is 19.1 Å². The number of benzene rings is 1. The van der Waals surface area contributed by atoms with Gasteiger partial charge in [0.15, 0.2) is 0 Å². The molecule has 1 N–H and O–H groups in total. The van der Waals surface area contributed by atoms with Crippen molar-refractivity contribution >= 4 is 27.4 Å². The third-order valence-electron chi connectivity index (χ3n) is 3.99. The maximum absolute atomic E-state index is 11.4. The van der Waals surface area contributed by atoms with Gasteiger partial charge in [-0.25, -0.2) is 0 Å². The minimum atomic E-state index is -0.690. The summed E-state index contributed by atoms with van der Waals surface area (Å²) in [6.07, 6.45) is 0.971. The third-order valence-corrected chi connectivity index (χ3v) is 5.00. The Morgan fingerprint density at radius 2 is 2.26 bits per heavy atom. The lowest BCUT2D eigenvalue weighted by molar-refractivity contribution is -0.143. The molecule has 0 saturated carbocycles. The highest BCUT2D eigenvalue weighted by molar-refractivity contribution is 7.17. The summed E-state index contributed by atoms with van der Waals surface area (Å²) >= 11 is 1.73. The van der Waals surface area contributed by atoms with E-state index in [1.165, 1.54) is 15.6 Å². The fourth-order valence-electron chi connectivity index (χ4n) is 2.98. The molecule has 1 aromatic carbocycles. The van der Waals surface area contributed by atoms with Crippen molar-refractivity contribution in [3.63, 3.8) is 0 Å². The number of carboxylic acid groups (broad SMARTS) is 1. The molecule has 19 heavy (non-hydrogen) atoms. The summed E-state index contributed by atoms with van der Waals surface area (Å²) in [5.41, 5.74) is 1.25. The van der Waals surface area contributed by atoms with Gasteiger partial charge in [-0.05, 0) is 41.3 Å². The van der Waals surface area contributed by atoms with Crippen LogP contribution >= 0.6 is 11.3 Å². The first-order valence-corrected chi connectivity index (χ1v) is 7.47. The zero-order valence-electron chi connectivity index (χ0n) is 10.9. The molecule has 0 spiro atoms. The SMILES string of the molecule is CC1CCN(Cc2csc3ccccc23)C1C(=O)O. The highest BCUT2D eigenvalue weighted by Crippen LogP contribution is 2.31. The van der Waals surface area contributed by atoms with Gasteiger partial charge in [0.05, 0.1) is 0 Å². The number of nitrogens with zero attached hydrogens (tertiary/aromatic N) is 1. The fourth-order valence-corrected chi connectivity index (χ4v) is 3.93. The molecule has 2 aromatic rings. The third kappa shape index (κ3) is 2.26. The van der Waals surface area contributed by atoms with Gasteiger partial charge in [0.1, 0.15) is 6.04 Å². The summed E-state index contributed by atoms with van der Waals surface area (Å²) in [5.74, 6) is -0.452. The summed E-state index contributed by atoms with van der Waals surface area (Å²) in [4.78, 5) is 13.5. The smallest absolute Gasteiger partial charge is 0.321 e. The van der Waals surface area contributed by atoms with Crippen molar-refractivity contribution in [2.45, 2.75) is 25.9 Å². The van der Waals surface area contributed by atoms with E-state index in [9.17, 15) is 9.90 Å². The number of carboxylic acids is 1. The van der Waals surface area contributed by atoms with E-state index >= 15 is 0 Å². The number of hydrogen-bond acceptors (Lipinski definition) is 3. The first-order chi connectivity index (χ1) is 9.16. The second-order valence-corrected chi connectivity index (χ2v) is 6.19. The van der Waals surface area contributed by atoms with Crippen LogP contribution in [0.4, 0.5) is 0 Å². The van der Waals surface area contributed by atoms with Crippen LogP contribution in [0.5, 0.6) is 0 Å². The van der Waals surface area contributed by atoms with Gasteiger partial charge in [0, 0.05) is 11.2 Å². The fraction of sp³-hybridized carbons (Fsp3) is 0.400. The molecule has 3 nitrogen and oxygen atoms in total. The molecule has 1 aliphatic rings. The van der Waals surface area contributed by atoms with Gasteiger partial charge in [-0.2, -0.15) is 0 Å². The van der Waals surface area contributed by atoms with Crippen LogP contribution in [-0.2, 0) is 11.3 Å². The van der Waals surface area contributed by atoms with Gasteiger partial charge in [-0.1, -0.05) is 25.1 Å². The van der Waals surface area contributed by atoms with Crippen LogP contribution in [-0.4, -0.2) is 28.6 Å². The Balaban J connectivity index is 1.87. The summed E-state index contributed by atoms with van der Waals surface area (Å²) in [6.45, 7) is 3.65. The molecule has 0 amide bonds. The highest BCUT2D eigenvalue weighted by Gasteiger charge is 2.36. The maximum Gasteiger partial charge on any atom is 0.321 e. The molecule has 0 radical (unpaired) electrons. The molecule has 3 rings (SSSR count).